The largest absolute Gasteiger partial charge is 0.454 e. The average molecular weight is 354 g/mol. The SMILES string of the molecule is O=C(Oc1ccccc1)N1CCN(C(=O)c2ccc3c(c2)OCO3)CC1. The van der Waals surface area contributed by atoms with Gasteiger partial charge in [-0.25, -0.2) is 4.79 Å². The van der Waals surface area contributed by atoms with E-state index in [0.29, 0.717) is 49.0 Å². The molecule has 2 aliphatic rings. The van der Waals surface area contributed by atoms with Crippen LogP contribution in [0.5, 0.6) is 17.2 Å². The number of benzene rings is 2. The van der Waals surface area contributed by atoms with Gasteiger partial charge in [-0.1, -0.05) is 18.2 Å². The van der Waals surface area contributed by atoms with Crippen LogP contribution in [-0.2, 0) is 0 Å². The van der Waals surface area contributed by atoms with Crippen LogP contribution in [0.1, 0.15) is 10.4 Å². The van der Waals surface area contributed by atoms with Crippen molar-refractivity contribution < 1.29 is 23.8 Å². The van der Waals surface area contributed by atoms with E-state index in [1.165, 1.54) is 0 Å². The van der Waals surface area contributed by atoms with Gasteiger partial charge in [0.2, 0.25) is 6.79 Å². The number of hydrogen-bond acceptors (Lipinski definition) is 5. The molecule has 1 fully saturated rings. The molecule has 1 saturated heterocycles. The number of fused-ring (bicyclic) bond motifs is 1. The predicted molar refractivity (Wildman–Crippen MR) is 92.5 cm³/mol. The Morgan fingerprint density at radius 3 is 2.31 bits per heavy atom. The molecule has 26 heavy (non-hydrogen) atoms. The number of nitrogens with zero attached hydrogens (tertiary/aromatic N) is 2. The van der Waals surface area contributed by atoms with E-state index < -0.39 is 6.09 Å². The van der Waals surface area contributed by atoms with Crippen molar-refractivity contribution in [1.29, 1.82) is 0 Å². The van der Waals surface area contributed by atoms with Gasteiger partial charge in [-0.15, -0.1) is 0 Å². The quantitative estimate of drug-likeness (QED) is 0.828. The van der Waals surface area contributed by atoms with Gasteiger partial charge in [0.05, 0.1) is 0 Å². The number of para-hydroxylation sites is 1. The zero-order valence-corrected chi connectivity index (χ0v) is 14.1. The maximum atomic E-state index is 12.7. The Morgan fingerprint density at radius 2 is 1.54 bits per heavy atom. The zero-order valence-electron chi connectivity index (χ0n) is 14.1. The van der Waals surface area contributed by atoms with E-state index in [1.54, 1.807) is 40.1 Å². The summed E-state index contributed by atoms with van der Waals surface area (Å²) in [6.45, 7) is 1.95. The lowest BCUT2D eigenvalue weighted by Crippen LogP contribution is -2.51. The van der Waals surface area contributed by atoms with Crippen molar-refractivity contribution in [3.05, 3.63) is 54.1 Å². The van der Waals surface area contributed by atoms with Crippen LogP contribution in [0.3, 0.4) is 0 Å². The first kappa shape index (κ1) is 16.3. The van der Waals surface area contributed by atoms with Gasteiger partial charge in [-0.05, 0) is 30.3 Å². The number of rotatable bonds is 2. The summed E-state index contributed by atoms with van der Waals surface area (Å²) in [5, 5.41) is 0. The van der Waals surface area contributed by atoms with Crippen molar-refractivity contribution in [2.75, 3.05) is 33.0 Å². The molecule has 4 rings (SSSR count). The van der Waals surface area contributed by atoms with Gasteiger partial charge >= 0.3 is 6.09 Å². The van der Waals surface area contributed by atoms with Crippen LogP contribution in [0, 0.1) is 0 Å². The molecule has 2 aromatic carbocycles. The summed E-state index contributed by atoms with van der Waals surface area (Å²) in [6, 6.07) is 14.1. The molecular formula is C19H18N2O5. The van der Waals surface area contributed by atoms with E-state index in [1.807, 2.05) is 18.2 Å². The number of amides is 2. The summed E-state index contributed by atoms with van der Waals surface area (Å²) in [4.78, 5) is 28.2. The van der Waals surface area contributed by atoms with Gasteiger partial charge in [0.25, 0.3) is 5.91 Å². The molecule has 2 heterocycles. The normalized spacial score (nSPS) is 15.7. The Hall–Kier alpha value is -3.22. The zero-order chi connectivity index (χ0) is 17.9. The highest BCUT2D eigenvalue weighted by Gasteiger charge is 2.27. The maximum absolute atomic E-state index is 12.7. The van der Waals surface area contributed by atoms with E-state index in [9.17, 15) is 9.59 Å². The first-order valence-corrected chi connectivity index (χ1v) is 8.41. The number of carbonyl (C=O) groups excluding carboxylic acids is 2. The van der Waals surface area contributed by atoms with Gasteiger partial charge < -0.3 is 24.0 Å². The van der Waals surface area contributed by atoms with Crippen molar-refractivity contribution in [3.63, 3.8) is 0 Å². The van der Waals surface area contributed by atoms with Crippen molar-refractivity contribution >= 4 is 12.0 Å². The molecule has 0 N–H and O–H groups in total. The molecule has 2 amide bonds. The van der Waals surface area contributed by atoms with Crippen LogP contribution in [-0.4, -0.2) is 54.8 Å². The number of carbonyl (C=O) groups is 2. The Balaban J connectivity index is 1.34. The summed E-state index contributed by atoms with van der Waals surface area (Å²) < 4.78 is 15.9. The topological polar surface area (TPSA) is 68.3 Å². The molecule has 0 spiro atoms. The standard InChI is InChI=1S/C19H18N2O5/c22-18(14-6-7-16-17(12-14)25-13-24-16)20-8-10-21(11-9-20)19(23)26-15-4-2-1-3-5-15/h1-7,12H,8-11,13H2. The van der Waals surface area contributed by atoms with Crippen LogP contribution < -0.4 is 14.2 Å². The molecule has 2 aliphatic heterocycles. The van der Waals surface area contributed by atoms with E-state index >= 15 is 0 Å². The minimum absolute atomic E-state index is 0.0839. The minimum atomic E-state index is -0.397. The highest BCUT2D eigenvalue weighted by atomic mass is 16.7. The van der Waals surface area contributed by atoms with Gasteiger partial charge in [0.1, 0.15) is 5.75 Å². The van der Waals surface area contributed by atoms with Crippen LogP contribution in [0.4, 0.5) is 4.79 Å². The van der Waals surface area contributed by atoms with Gasteiger partial charge in [-0.3, -0.25) is 4.79 Å². The lowest BCUT2D eigenvalue weighted by Gasteiger charge is -2.34. The first-order valence-electron chi connectivity index (χ1n) is 8.41. The summed E-state index contributed by atoms with van der Waals surface area (Å²) in [5.74, 6) is 1.66. The molecule has 0 unspecified atom stereocenters. The number of piperazine rings is 1. The Labute approximate surface area is 150 Å². The molecule has 0 aromatic heterocycles. The van der Waals surface area contributed by atoms with E-state index in [0.717, 1.165) is 0 Å². The molecule has 0 radical (unpaired) electrons. The van der Waals surface area contributed by atoms with Crippen LogP contribution >= 0.6 is 0 Å². The van der Waals surface area contributed by atoms with Crippen molar-refractivity contribution in [1.82, 2.24) is 9.80 Å². The lowest BCUT2D eigenvalue weighted by atomic mass is 10.1. The highest BCUT2D eigenvalue weighted by molar-refractivity contribution is 5.95. The summed E-state index contributed by atoms with van der Waals surface area (Å²) >= 11 is 0. The Bertz CT molecular complexity index is 816. The smallest absolute Gasteiger partial charge is 0.415 e. The van der Waals surface area contributed by atoms with Crippen LogP contribution in [0.15, 0.2) is 48.5 Å². The van der Waals surface area contributed by atoms with Crippen LogP contribution in [0.2, 0.25) is 0 Å². The molecule has 0 atom stereocenters. The van der Waals surface area contributed by atoms with Gasteiger partial charge in [0, 0.05) is 31.7 Å². The second-order valence-electron chi connectivity index (χ2n) is 6.03. The first-order chi connectivity index (χ1) is 12.7. The molecule has 0 aliphatic carbocycles. The highest BCUT2D eigenvalue weighted by Crippen LogP contribution is 2.32. The minimum Gasteiger partial charge on any atom is -0.454 e. The number of hydrogen-bond donors (Lipinski definition) is 0. The van der Waals surface area contributed by atoms with Crippen molar-refractivity contribution in [3.8, 4) is 17.2 Å². The maximum Gasteiger partial charge on any atom is 0.415 e. The third-order valence-corrected chi connectivity index (χ3v) is 4.39. The average Bonchev–Trinajstić information content (AvgIpc) is 3.16. The Kier molecular flexibility index (Phi) is 4.35. The third-order valence-electron chi connectivity index (χ3n) is 4.39. The molecule has 134 valence electrons. The molecule has 0 saturated carbocycles. The Morgan fingerprint density at radius 1 is 0.846 bits per heavy atom. The summed E-state index contributed by atoms with van der Waals surface area (Å²) in [6.07, 6.45) is -0.397. The third kappa shape index (κ3) is 3.28. The lowest BCUT2D eigenvalue weighted by molar-refractivity contribution is 0.0633. The molecule has 7 heteroatoms. The van der Waals surface area contributed by atoms with Crippen molar-refractivity contribution in [2.45, 2.75) is 0 Å². The second kappa shape index (κ2) is 6.95. The van der Waals surface area contributed by atoms with E-state index in [-0.39, 0.29) is 12.7 Å². The predicted octanol–water partition coefficient (Wildman–Crippen LogP) is 2.37. The fraction of sp³-hybridized carbons (Fsp3) is 0.263. The van der Waals surface area contributed by atoms with Gasteiger partial charge in [0.15, 0.2) is 11.5 Å². The summed E-state index contributed by atoms with van der Waals surface area (Å²) in [7, 11) is 0. The molecular weight excluding hydrogens is 336 g/mol. The number of ether oxygens (including phenoxy) is 3. The van der Waals surface area contributed by atoms with Crippen LogP contribution in [0.25, 0.3) is 0 Å². The summed E-state index contributed by atoms with van der Waals surface area (Å²) in [5.41, 5.74) is 0.551. The monoisotopic (exact) mass is 354 g/mol. The van der Waals surface area contributed by atoms with Gasteiger partial charge in [-0.2, -0.15) is 0 Å². The molecule has 7 nitrogen and oxygen atoms in total. The van der Waals surface area contributed by atoms with E-state index in [4.69, 9.17) is 14.2 Å². The van der Waals surface area contributed by atoms with E-state index in [2.05, 4.69) is 0 Å². The second-order valence-corrected chi connectivity index (χ2v) is 6.03. The molecule has 0 bridgehead atoms. The molecule has 2 aromatic rings. The fourth-order valence-electron chi connectivity index (χ4n) is 2.96. The van der Waals surface area contributed by atoms with Crippen molar-refractivity contribution in [2.24, 2.45) is 0 Å². The fourth-order valence-corrected chi connectivity index (χ4v) is 2.96.